The standard InChI is InChI=1S/C24H23F3N6O/c1-14-6-7-16(24(25,26)27)11-18(14)17-5-4-10-33-22(17)30-21(31-33)19-8-9-20(23(29-19)34-3)32-12-15(2)28-13-32/h6-9,11-13,17H,4-5,10H2,1-3H3/t17-/m1/s1. The molecule has 0 saturated carbocycles. The van der Waals surface area contributed by atoms with Crippen LogP contribution in [0, 0.1) is 13.8 Å². The van der Waals surface area contributed by atoms with E-state index >= 15 is 0 Å². The first-order chi connectivity index (χ1) is 16.2. The fourth-order valence-corrected chi connectivity index (χ4v) is 4.40. The summed E-state index contributed by atoms with van der Waals surface area (Å²) in [4.78, 5) is 13.6. The molecule has 0 unspecified atom stereocenters. The van der Waals surface area contributed by atoms with E-state index in [4.69, 9.17) is 9.72 Å². The highest BCUT2D eigenvalue weighted by Gasteiger charge is 2.33. The molecule has 0 bridgehead atoms. The molecule has 7 nitrogen and oxygen atoms in total. The van der Waals surface area contributed by atoms with Gasteiger partial charge in [0.05, 0.1) is 24.7 Å². The summed E-state index contributed by atoms with van der Waals surface area (Å²) in [5.74, 6) is 1.19. The van der Waals surface area contributed by atoms with Gasteiger partial charge in [0.1, 0.15) is 17.2 Å². The second-order valence-corrected chi connectivity index (χ2v) is 8.43. The normalized spacial score (nSPS) is 15.9. The van der Waals surface area contributed by atoms with E-state index in [0.717, 1.165) is 29.4 Å². The number of ether oxygens (including phenoxy) is 1. The Hall–Kier alpha value is -3.69. The summed E-state index contributed by atoms with van der Waals surface area (Å²) in [6, 6.07) is 7.55. The van der Waals surface area contributed by atoms with E-state index in [-0.39, 0.29) is 5.92 Å². The number of aromatic nitrogens is 6. The van der Waals surface area contributed by atoms with Gasteiger partial charge in [-0.25, -0.2) is 19.6 Å². The van der Waals surface area contributed by atoms with Crippen molar-refractivity contribution in [2.24, 2.45) is 0 Å². The third-order valence-corrected chi connectivity index (χ3v) is 6.11. The number of fused-ring (bicyclic) bond motifs is 1. The molecule has 0 aliphatic carbocycles. The van der Waals surface area contributed by atoms with Gasteiger partial charge in [-0.05, 0) is 62.1 Å². The molecule has 0 spiro atoms. The lowest BCUT2D eigenvalue weighted by atomic mass is 9.87. The average molecular weight is 468 g/mol. The SMILES string of the molecule is COc1nc(-c2nc3n(n2)CCC[C@@H]3c2cc(C(F)(F)F)ccc2C)ccc1-n1cnc(C)c1. The number of aryl methyl sites for hydroxylation is 3. The molecule has 1 atom stereocenters. The third kappa shape index (κ3) is 3.93. The molecule has 5 rings (SSSR count). The van der Waals surface area contributed by atoms with Gasteiger partial charge in [0.15, 0.2) is 5.82 Å². The Labute approximate surface area is 194 Å². The predicted octanol–water partition coefficient (Wildman–Crippen LogP) is 5.10. The number of imidazole rings is 1. The minimum absolute atomic E-state index is 0.271. The molecule has 0 amide bonds. The monoisotopic (exact) mass is 468 g/mol. The lowest BCUT2D eigenvalue weighted by Gasteiger charge is -2.24. The molecular weight excluding hydrogens is 445 g/mol. The number of nitrogens with zero attached hydrogens (tertiary/aromatic N) is 6. The summed E-state index contributed by atoms with van der Waals surface area (Å²) in [7, 11) is 1.54. The summed E-state index contributed by atoms with van der Waals surface area (Å²) >= 11 is 0. The van der Waals surface area contributed by atoms with Crippen LogP contribution in [0.1, 0.15) is 47.0 Å². The van der Waals surface area contributed by atoms with Crippen molar-refractivity contribution in [2.75, 3.05) is 7.11 Å². The molecule has 4 aromatic rings. The van der Waals surface area contributed by atoms with Crippen molar-refractivity contribution in [1.29, 1.82) is 0 Å². The molecule has 176 valence electrons. The fraction of sp³-hybridized carbons (Fsp3) is 0.333. The van der Waals surface area contributed by atoms with E-state index in [1.165, 1.54) is 19.2 Å². The van der Waals surface area contributed by atoms with Gasteiger partial charge in [-0.3, -0.25) is 0 Å². The average Bonchev–Trinajstić information content (AvgIpc) is 3.44. The molecule has 4 heterocycles. The van der Waals surface area contributed by atoms with Crippen molar-refractivity contribution in [2.45, 2.75) is 45.3 Å². The first-order valence-electron chi connectivity index (χ1n) is 10.9. The molecule has 0 saturated heterocycles. The lowest BCUT2D eigenvalue weighted by Crippen LogP contribution is -2.19. The zero-order valence-electron chi connectivity index (χ0n) is 19.0. The number of benzene rings is 1. The van der Waals surface area contributed by atoms with Gasteiger partial charge in [0.2, 0.25) is 5.88 Å². The first kappa shape index (κ1) is 22.1. The van der Waals surface area contributed by atoms with Crippen LogP contribution in [0.15, 0.2) is 42.9 Å². The Balaban J connectivity index is 1.54. The van der Waals surface area contributed by atoms with Gasteiger partial charge in [-0.15, -0.1) is 5.10 Å². The largest absolute Gasteiger partial charge is 0.479 e. The number of methoxy groups -OCH3 is 1. The molecule has 0 fully saturated rings. The van der Waals surface area contributed by atoms with Crippen LogP contribution < -0.4 is 4.74 Å². The molecular formula is C24H23F3N6O. The van der Waals surface area contributed by atoms with E-state index in [2.05, 4.69) is 15.1 Å². The van der Waals surface area contributed by atoms with E-state index in [9.17, 15) is 13.2 Å². The second kappa shape index (κ2) is 8.27. The number of pyridine rings is 1. The van der Waals surface area contributed by atoms with E-state index in [1.54, 1.807) is 17.1 Å². The van der Waals surface area contributed by atoms with Crippen molar-refractivity contribution >= 4 is 0 Å². The van der Waals surface area contributed by atoms with Gasteiger partial charge >= 0.3 is 6.18 Å². The van der Waals surface area contributed by atoms with Gasteiger partial charge in [0.25, 0.3) is 0 Å². The zero-order chi connectivity index (χ0) is 24.0. The van der Waals surface area contributed by atoms with Crippen molar-refractivity contribution in [3.8, 4) is 23.1 Å². The first-order valence-corrected chi connectivity index (χ1v) is 10.9. The maximum absolute atomic E-state index is 13.4. The third-order valence-electron chi connectivity index (χ3n) is 6.11. The minimum Gasteiger partial charge on any atom is -0.479 e. The second-order valence-electron chi connectivity index (χ2n) is 8.43. The minimum atomic E-state index is -4.40. The van der Waals surface area contributed by atoms with Gasteiger partial charge in [0, 0.05) is 18.7 Å². The van der Waals surface area contributed by atoms with Crippen LogP contribution in [-0.4, -0.2) is 36.4 Å². The smallest absolute Gasteiger partial charge is 0.416 e. The van der Waals surface area contributed by atoms with Crippen LogP contribution >= 0.6 is 0 Å². The van der Waals surface area contributed by atoms with Crippen LogP contribution in [0.4, 0.5) is 13.2 Å². The maximum Gasteiger partial charge on any atom is 0.416 e. The fourth-order valence-electron chi connectivity index (χ4n) is 4.40. The summed E-state index contributed by atoms with van der Waals surface area (Å²) < 4.78 is 49.2. The summed E-state index contributed by atoms with van der Waals surface area (Å²) in [6.07, 6.45) is 0.659. The lowest BCUT2D eigenvalue weighted by molar-refractivity contribution is -0.137. The molecule has 1 aliphatic heterocycles. The summed E-state index contributed by atoms with van der Waals surface area (Å²) in [5, 5.41) is 4.63. The number of rotatable bonds is 4. The van der Waals surface area contributed by atoms with Crippen LogP contribution in [-0.2, 0) is 12.7 Å². The molecule has 10 heteroatoms. The number of hydrogen-bond donors (Lipinski definition) is 0. The number of halogens is 3. The number of alkyl halides is 3. The van der Waals surface area contributed by atoms with Gasteiger partial charge in [-0.1, -0.05) is 6.07 Å². The Morgan fingerprint density at radius 1 is 1.09 bits per heavy atom. The zero-order valence-corrected chi connectivity index (χ0v) is 19.0. The van der Waals surface area contributed by atoms with E-state index in [1.807, 2.05) is 30.7 Å². The highest BCUT2D eigenvalue weighted by molar-refractivity contribution is 5.55. The number of hydrogen-bond acceptors (Lipinski definition) is 5. The summed E-state index contributed by atoms with van der Waals surface area (Å²) in [6.45, 7) is 4.38. The van der Waals surface area contributed by atoms with Gasteiger partial charge in [-0.2, -0.15) is 13.2 Å². The van der Waals surface area contributed by atoms with E-state index < -0.39 is 11.7 Å². The van der Waals surface area contributed by atoms with Crippen molar-refractivity contribution in [1.82, 2.24) is 29.3 Å². The van der Waals surface area contributed by atoms with Crippen LogP contribution in [0.2, 0.25) is 0 Å². The van der Waals surface area contributed by atoms with E-state index in [0.29, 0.717) is 41.8 Å². The van der Waals surface area contributed by atoms with Gasteiger partial charge < -0.3 is 9.30 Å². The molecule has 0 N–H and O–H groups in total. The molecule has 3 aromatic heterocycles. The van der Waals surface area contributed by atoms with Crippen molar-refractivity contribution in [3.63, 3.8) is 0 Å². The van der Waals surface area contributed by atoms with Crippen molar-refractivity contribution < 1.29 is 17.9 Å². The Bertz CT molecular complexity index is 1360. The summed E-state index contributed by atoms with van der Waals surface area (Å²) in [5.41, 5.74) is 2.90. The Morgan fingerprint density at radius 2 is 1.91 bits per heavy atom. The predicted molar refractivity (Wildman–Crippen MR) is 119 cm³/mol. The maximum atomic E-state index is 13.4. The Morgan fingerprint density at radius 3 is 2.62 bits per heavy atom. The topological polar surface area (TPSA) is 70.7 Å². The highest BCUT2D eigenvalue weighted by Crippen LogP contribution is 2.38. The molecule has 1 aromatic carbocycles. The molecule has 0 radical (unpaired) electrons. The quantitative estimate of drug-likeness (QED) is 0.417. The van der Waals surface area contributed by atoms with Crippen LogP contribution in [0.3, 0.4) is 0 Å². The molecule has 1 aliphatic rings. The Kier molecular flexibility index (Phi) is 5.38. The highest BCUT2D eigenvalue weighted by atomic mass is 19.4. The van der Waals surface area contributed by atoms with Crippen LogP contribution in [0.25, 0.3) is 17.2 Å². The molecule has 34 heavy (non-hydrogen) atoms. The van der Waals surface area contributed by atoms with Crippen LogP contribution in [0.5, 0.6) is 5.88 Å². The van der Waals surface area contributed by atoms with Crippen molar-refractivity contribution in [3.05, 3.63) is 71.1 Å².